The molecule has 0 aliphatic carbocycles. The Morgan fingerprint density at radius 1 is 0.731 bits per heavy atom. The predicted molar refractivity (Wildman–Crippen MR) is 86.8 cm³/mol. The maximum absolute atomic E-state index is 11.2. The SMILES string of the molecule is COC(=O)COCCOCCOCCOCCNC(=O)COCC(=O)O. The van der Waals surface area contributed by atoms with Crippen molar-refractivity contribution < 1.29 is 47.9 Å². The Hall–Kier alpha value is -1.79. The molecule has 0 aromatic heterocycles. The van der Waals surface area contributed by atoms with Crippen LogP contribution in [0.15, 0.2) is 0 Å². The molecule has 0 unspecified atom stereocenters. The fraction of sp³-hybridized carbons (Fsp3) is 0.800. The Kier molecular flexibility index (Phi) is 16.8. The van der Waals surface area contributed by atoms with Gasteiger partial charge in [0.2, 0.25) is 5.91 Å². The van der Waals surface area contributed by atoms with Crippen LogP contribution in [0.1, 0.15) is 0 Å². The monoisotopic (exact) mass is 381 g/mol. The number of aliphatic carboxylic acids is 1. The van der Waals surface area contributed by atoms with Crippen molar-refractivity contribution in [1.29, 1.82) is 0 Å². The van der Waals surface area contributed by atoms with Crippen LogP contribution in [0.25, 0.3) is 0 Å². The Morgan fingerprint density at radius 3 is 1.81 bits per heavy atom. The first kappa shape index (κ1) is 24.2. The lowest BCUT2D eigenvalue weighted by Gasteiger charge is -2.08. The van der Waals surface area contributed by atoms with E-state index in [0.29, 0.717) is 52.8 Å². The molecule has 0 radical (unpaired) electrons. The molecule has 0 aromatic carbocycles. The van der Waals surface area contributed by atoms with E-state index < -0.39 is 24.5 Å². The molecule has 0 atom stereocenters. The van der Waals surface area contributed by atoms with E-state index in [2.05, 4.69) is 14.8 Å². The lowest BCUT2D eigenvalue weighted by atomic mass is 10.6. The lowest BCUT2D eigenvalue weighted by Crippen LogP contribution is -2.31. The molecule has 11 heteroatoms. The van der Waals surface area contributed by atoms with E-state index in [0.717, 1.165) is 0 Å². The molecule has 0 bridgehead atoms. The van der Waals surface area contributed by atoms with E-state index in [-0.39, 0.29) is 13.2 Å². The molecule has 0 fully saturated rings. The first-order valence-electron chi connectivity index (χ1n) is 8.00. The van der Waals surface area contributed by atoms with Crippen molar-refractivity contribution in [2.24, 2.45) is 0 Å². The van der Waals surface area contributed by atoms with E-state index >= 15 is 0 Å². The zero-order chi connectivity index (χ0) is 19.5. The molecule has 152 valence electrons. The minimum absolute atomic E-state index is 0.0937. The molecule has 0 saturated carbocycles. The molecule has 0 spiro atoms. The molecular weight excluding hydrogens is 354 g/mol. The van der Waals surface area contributed by atoms with Crippen LogP contribution >= 0.6 is 0 Å². The molecule has 0 aliphatic rings. The maximum atomic E-state index is 11.2. The number of methoxy groups -OCH3 is 1. The molecule has 2 N–H and O–H groups in total. The number of amides is 1. The zero-order valence-corrected chi connectivity index (χ0v) is 14.9. The highest BCUT2D eigenvalue weighted by Gasteiger charge is 2.03. The topological polar surface area (TPSA) is 139 Å². The van der Waals surface area contributed by atoms with E-state index in [1.165, 1.54) is 7.11 Å². The van der Waals surface area contributed by atoms with E-state index in [9.17, 15) is 14.4 Å². The quantitative estimate of drug-likeness (QED) is 0.212. The van der Waals surface area contributed by atoms with Crippen LogP contribution < -0.4 is 5.32 Å². The van der Waals surface area contributed by atoms with Crippen LogP contribution in [-0.2, 0) is 42.8 Å². The van der Waals surface area contributed by atoms with Crippen molar-refractivity contribution in [3.8, 4) is 0 Å². The summed E-state index contributed by atoms with van der Waals surface area (Å²) in [5.74, 6) is -1.96. The summed E-state index contributed by atoms with van der Waals surface area (Å²) in [5.41, 5.74) is 0. The van der Waals surface area contributed by atoms with Gasteiger partial charge in [0.05, 0.1) is 53.4 Å². The van der Waals surface area contributed by atoms with Gasteiger partial charge in [-0.3, -0.25) is 4.79 Å². The number of esters is 1. The summed E-state index contributed by atoms with van der Waals surface area (Å²) in [6, 6.07) is 0. The number of rotatable bonds is 18. The molecule has 0 rings (SSSR count). The summed E-state index contributed by atoms with van der Waals surface area (Å²) < 4.78 is 29.8. The van der Waals surface area contributed by atoms with Crippen molar-refractivity contribution >= 4 is 17.8 Å². The molecule has 11 nitrogen and oxygen atoms in total. The number of carboxylic acid groups (broad SMARTS) is 1. The number of carbonyl (C=O) groups excluding carboxylic acids is 2. The molecule has 0 aromatic rings. The van der Waals surface area contributed by atoms with Crippen LogP contribution in [0.2, 0.25) is 0 Å². The Morgan fingerprint density at radius 2 is 1.27 bits per heavy atom. The van der Waals surface area contributed by atoms with Gasteiger partial charge < -0.3 is 38.8 Å². The van der Waals surface area contributed by atoms with Gasteiger partial charge in [-0.25, -0.2) is 9.59 Å². The first-order valence-corrected chi connectivity index (χ1v) is 8.00. The third kappa shape index (κ3) is 18.5. The number of nitrogens with one attached hydrogen (secondary N) is 1. The zero-order valence-electron chi connectivity index (χ0n) is 14.9. The normalized spacial score (nSPS) is 10.5. The average Bonchev–Trinajstić information content (AvgIpc) is 2.61. The summed E-state index contributed by atoms with van der Waals surface area (Å²) in [6.07, 6.45) is 0. The smallest absolute Gasteiger partial charge is 0.331 e. The van der Waals surface area contributed by atoms with E-state index in [4.69, 9.17) is 24.1 Å². The number of carboxylic acids is 1. The first-order chi connectivity index (χ1) is 12.6. The summed E-state index contributed by atoms with van der Waals surface area (Å²) in [5, 5.41) is 10.9. The summed E-state index contributed by atoms with van der Waals surface area (Å²) in [7, 11) is 1.29. The van der Waals surface area contributed by atoms with Crippen LogP contribution in [-0.4, -0.2) is 103 Å². The molecule has 0 aliphatic heterocycles. The van der Waals surface area contributed by atoms with Gasteiger partial charge in [0, 0.05) is 6.54 Å². The van der Waals surface area contributed by atoms with E-state index in [1.54, 1.807) is 0 Å². The van der Waals surface area contributed by atoms with Crippen molar-refractivity contribution in [3.05, 3.63) is 0 Å². The second-order valence-corrected chi connectivity index (χ2v) is 4.70. The highest BCUT2D eigenvalue weighted by atomic mass is 16.6. The second-order valence-electron chi connectivity index (χ2n) is 4.70. The van der Waals surface area contributed by atoms with Gasteiger partial charge in [-0.05, 0) is 0 Å². The van der Waals surface area contributed by atoms with Gasteiger partial charge in [0.15, 0.2) is 0 Å². The van der Waals surface area contributed by atoms with Crippen molar-refractivity contribution in [3.63, 3.8) is 0 Å². The van der Waals surface area contributed by atoms with Crippen LogP contribution in [0.5, 0.6) is 0 Å². The van der Waals surface area contributed by atoms with Gasteiger partial charge in [-0.1, -0.05) is 0 Å². The second kappa shape index (κ2) is 18.0. The van der Waals surface area contributed by atoms with Gasteiger partial charge >= 0.3 is 11.9 Å². The van der Waals surface area contributed by atoms with Gasteiger partial charge in [-0.2, -0.15) is 0 Å². The Bertz CT molecular complexity index is 391. The van der Waals surface area contributed by atoms with Crippen molar-refractivity contribution in [1.82, 2.24) is 5.32 Å². The lowest BCUT2D eigenvalue weighted by molar-refractivity contribution is -0.146. The number of hydrogen-bond donors (Lipinski definition) is 2. The van der Waals surface area contributed by atoms with Gasteiger partial charge in [0.25, 0.3) is 0 Å². The fourth-order valence-electron chi connectivity index (χ4n) is 1.42. The summed E-state index contributed by atoms with van der Waals surface area (Å²) >= 11 is 0. The van der Waals surface area contributed by atoms with Crippen LogP contribution in [0.4, 0.5) is 0 Å². The van der Waals surface area contributed by atoms with Crippen molar-refractivity contribution in [2.75, 3.05) is 79.7 Å². The van der Waals surface area contributed by atoms with Gasteiger partial charge in [0.1, 0.15) is 19.8 Å². The molecule has 26 heavy (non-hydrogen) atoms. The number of ether oxygens (including phenoxy) is 6. The molecule has 0 heterocycles. The van der Waals surface area contributed by atoms with Crippen molar-refractivity contribution in [2.45, 2.75) is 0 Å². The largest absolute Gasteiger partial charge is 0.480 e. The average molecular weight is 381 g/mol. The number of carbonyl (C=O) groups is 3. The molecular formula is C15H27NO10. The Labute approximate surface area is 151 Å². The summed E-state index contributed by atoms with van der Waals surface area (Å²) in [6.45, 7) is 1.90. The van der Waals surface area contributed by atoms with Crippen LogP contribution in [0.3, 0.4) is 0 Å². The molecule has 0 saturated heterocycles. The summed E-state index contributed by atoms with van der Waals surface area (Å²) in [4.78, 5) is 32.1. The fourth-order valence-corrected chi connectivity index (χ4v) is 1.42. The maximum Gasteiger partial charge on any atom is 0.331 e. The highest BCUT2D eigenvalue weighted by Crippen LogP contribution is 1.84. The van der Waals surface area contributed by atoms with Crippen LogP contribution in [0, 0.1) is 0 Å². The Balaban J connectivity index is 3.16. The highest BCUT2D eigenvalue weighted by molar-refractivity contribution is 5.77. The minimum atomic E-state index is -1.13. The molecule has 1 amide bonds. The third-order valence-corrected chi connectivity index (χ3v) is 2.59. The predicted octanol–water partition coefficient (Wildman–Crippen LogP) is -1.56. The minimum Gasteiger partial charge on any atom is -0.480 e. The van der Waals surface area contributed by atoms with Gasteiger partial charge in [-0.15, -0.1) is 0 Å². The van der Waals surface area contributed by atoms with E-state index in [1.807, 2.05) is 0 Å². The number of hydrogen-bond acceptors (Lipinski definition) is 9. The standard InChI is InChI=1S/C15H27NO10/c1-21-15(20)12-25-9-8-24-7-6-23-5-4-22-3-2-16-13(17)10-26-11-14(18)19/h2-12H2,1H3,(H,16,17)(H,18,19). The third-order valence-electron chi connectivity index (χ3n) is 2.59.